The second-order valence-electron chi connectivity index (χ2n) is 4.81. The summed E-state index contributed by atoms with van der Waals surface area (Å²) >= 11 is 1.77. The number of rotatable bonds is 4. The van der Waals surface area contributed by atoms with E-state index in [-0.39, 0.29) is 30.4 Å². The molecule has 0 aliphatic carbocycles. The lowest BCUT2D eigenvalue weighted by atomic mass is 10.0. The fourth-order valence-corrected chi connectivity index (χ4v) is 3.07. The zero-order valence-electron chi connectivity index (χ0n) is 11.3. The van der Waals surface area contributed by atoms with Crippen LogP contribution < -0.4 is 10.6 Å². The van der Waals surface area contributed by atoms with Gasteiger partial charge in [0.1, 0.15) is 0 Å². The number of aryl methyl sites for hydroxylation is 1. The van der Waals surface area contributed by atoms with Crippen LogP contribution in [0.4, 0.5) is 0 Å². The summed E-state index contributed by atoms with van der Waals surface area (Å²) in [4.78, 5) is 11.9. The Morgan fingerprint density at radius 2 is 2.26 bits per heavy atom. The van der Waals surface area contributed by atoms with Crippen molar-refractivity contribution < 1.29 is 4.79 Å². The van der Waals surface area contributed by atoms with Gasteiger partial charge in [-0.2, -0.15) is 0 Å². The van der Waals surface area contributed by atoms with E-state index >= 15 is 0 Å². The van der Waals surface area contributed by atoms with E-state index in [4.69, 9.17) is 0 Å². The number of amides is 1. The summed E-state index contributed by atoms with van der Waals surface area (Å²) in [6.45, 7) is 4.17. The van der Waals surface area contributed by atoms with Crippen LogP contribution >= 0.6 is 24.2 Å². The molecule has 3 nitrogen and oxygen atoms in total. The Morgan fingerprint density at radius 1 is 1.53 bits per heavy atom. The van der Waals surface area contributed by atoms with Gasteiger partial charge in [0, 0.05) is 17.7 Å². The van der Waals surface area contributed by atoms with E-state index < -0.39 is 0 Å². The number of benzene rings is 1. The number of carbonyl (C=O) groups excluding carboxylic acids is 1. The third-order valence-electron chi connectivity index (χ3n) is 3.21. The second-order valence-corrected chi connectivity index (χ2v) is 5.84. The first-order valence-corrected chi connectivity index (χ1v) is 7.48. The highest BCUT2D eigenvalue weighted by Crippen LogP contribution is 2.12. The molecule has 0 saturated carbocycles. The van der Waals surface area contributed by atoms with E-state index in [9.17, 15) is 4.79 Å². The van der Waals surface area contributed by atoms with Gasteiger partial charge in [0.25, 0.3) is 0 Å². The maximum absolute atomic E-state index is 11.9. The average Bonchev–Trinajstić information content (AvgIpc) is 2.85. The molecule has 2 N–H and O–H groups in total. The lowest BCUT2D eigenvalue weighted by Gasteiger charge is -2.17. The Kier molecular flexibility index (Phi) is 6.69. The van der Waals surface area contributed by atoms with Crippen LogP contribution in [0.3, 0.4) is 0 Å². The predicted molar refractivity (Wildman–Crippen MR) is 84.0 cm³/mol. The van der Waals surface area contributed by atoms with Gasteiger partial charge < -0.3 is 5.32 Å². The molecule has 0 bridgehead atoms. The molecule has 5 heteroatoms. The summed E-state index contributed by atoms with van der Waals surface area (Å²) in [7, 11) is 0. The van der Waals surface area contributed by atoms with Crippen LogP contribution in [0, 0.1) is 6.92 Å². The van der Waals surface area contributed by atoms with Crippen LogP contribution in [0.15, 0.2) is 24.3 Å². The topological polar surface area (TPSA) is 41.1 Å². The smallest absolute Gasteiger partial charge is 0.238 e. The standard InChI is InChI=1S/C14H20N2OS.ClH/c1-10-5-3-4-6-12(10)7-11(2)16-14(17)13-8-18-9-15-13;/h3-6,11,13,15H,7-9H2,1-2H3,(H,16,17);1H. The molecule has 2 rings (SSSR count). The minimum atomic E-state index is -0.0191. The molecule has 2 unspecified atom stereocenters. The summed E-state index contributed by atoms with van der Waals surface area (Å²) in [5.74, 6) is 1.88. The van der Waals surface area contributed by atoms with Crippen molar-refractivity contribution in [1.82, 2.24) is 10.6 Å². The molecule has 0 spiro atoms. The van der Waals surface area contributed by atoms with Crippen molar-refractivity contribution in [3.05, 3.63) is 35.4 Å². The monoisotopic (exact) mass is 300 g/mol. The van der Waals surface area contributed by atoms with Crippen LogP contribution in [-0.2, 0) is 11.2 Å². The number of carbonyl (C=O) groups is 1. The molecule has 1 aromatic carbocycles. The molecule has 1 aliphatic rings. The molecule has 2 atom stereocenters. The molecule has 1 fully saturated rings. The maximum Gasteiger partial charge on any atom is 0.238 e. The van der Waals surface area contributed by atoms with Gasteiger partial charge in [-0.1, -0.05) is 24.3 Å². The molecule has 1 aliphatic heterocycles. The van der Waals surface area contributed by atoms with Crippen LogP contribution in [0.1, 0.15) is 18.1 Å². The molecular formula is C14H21ClN2OS. The molecule has 1 amide bonds. The van der Waals surface area contributed by atoms with Crippen molar-refractivity contribution in [2.75, 3.05) is 11.6 Å². The highest BCUT2D eigenvalue weighted by molar-refractivity contribution is 7.99. The van der Waals surface area contributed by atoms with Gasteiger partial charge in [0.2, 0.25) is 5.91 Å². The number of thioether (sulfide) groups is 1. The molecule has 0 radical (unpaired) electrons. The first-order valence-electron chi connectivity index (χ1n) is 6.33. The molecule has 0 aromatic heterocycles. The SMILES string of the molecule is Cc1ccccc1CC(C)NC(=O)C1CSCN1.Cl. The van der Waals surface area contributed by atoms with Crippen LogP contribution in [-0.4, -0.2) is 29.6 Å². The molecular weight excluding hydrogens is 280 g/mol. The summed E-state index contributed by atoms with van der Waals surface area (Å²) in [6.07, 6.45) is 0.887. The zero-order chi connectivity index (χ0) is 13.0. The Bertz CT molecular complexity index is 422. The van der Waals surface area contributed by atoms with E-state index in [1.54, 1.807) is 11.8 Å². The largest absolute Gasteiger partial charge is 0.352 e. The Morgan fingerprint density at radius 3 is 2.89 bits per heavy atom. The van der Waals surface area contributed by atoms with Crippen molar-refractivity contribution in [3.63, 3.8) is 0 Å². The van der Waals surface area contributed by atoms with Gasteiger partial charge in [0.15, 0.2) is 0 Å². The quantitative estimate of drug-likeness (QED) is 0.895. The van der Waals surface area contributed by atoms with Gasteiger partial charge >= 0.3 is 0 Å². The maximum atomic E-state index is 11.9. The number of hydrogen-bond acceptors (Lipinski definition) is 3. The van der Waals surface area contributed by atoms with E-state index in [1.807, 2.05) is 12.1 Å². The van der Waals surface area contributed by atoms with Gasteiger partial charge in [0.05, 0.1) is 6.04 Å². The van der Waals surface area contributed by atoms with E-state index in [2.05, 4.69) is 36.6 Å². The van der Waals surface area contributed by atoms with Crippen molar-refractivity contribution in [2.24, 2.45) is 0 Å². The Balaban J connectivity index is 0.00000180. The lowest BCUT2D eigenvalue weighted by Crippen LogP contribution is -2.46. The number of halogens is 1. The van der Waals surface area contributed by atoms with E-state index in [1.165, 1.54) is 11.1 Å². The molecule has 1 aromatic rings. The van der Waals surface area contributed by atoms with Crippen molar-refractivity contribution in [3.8, 4) is 0 Å². The van der Waals surface area contributed by atoms with Crippen molar-refractivity contribution >= 4 is 30.1 Å². The summed E-state index contributed by atoms with van der Waals surface area (Å²) < 4.78 is 0. The van der Waals surface area contributed by atoms with Gasteiger partial charge in [-0.3, -0.25) is 10.1 Å². The summed E-state index contributed by atoms with van der Waals surface area (Å²) in [5.41, 5.74) is 2.59. The lowest BCUT2D eigenvalue weighted by molar-refractivity contribution is -0.123. The molecule has 1 saturated heterocycles. The average molecular weight is 301 g/mol. The van der Waals surface area contributed by atoms with Crippen molar-refractivity contribution in [1.29, 1.82) is 0 Å². The second kappa shape index (κ2) is 7.78. The minimum Gasteiger partial charge on any atom is -0.352 e. The fraction of sp³-hybridized carbons (Fsp3) is 0.500. The first kappa shape index (κ1) is 16.3. The Hall–Kier alpha value is -0.710. The summed E-state index contributed by atoms with van der Waals surface area (Å²) in [6, 6.07) is 8.48. The highest BCUT2D eigenvalue weighted by atomic mass is 35.5. The third-order valence-corrected chi connectivity index (χ3v) is 4.15. The molecule has 19 heavy (non-hydrogen) atoms. The summed E-state index contributed by atoms with van der Waals surface area (Å²) in [5, 5.41) is 6.27. The minimum absolute atomic E-state index is 0. The van der Waals surface area contributed by atoms with Gasteiger partial charge in [-0.15, -0.1) is 24.2 Å². The Labute approximate surface area is 125 Å². The van der Waals surface area contributed by atoms with E-state index in [0.717, 1.165) is 18.1 Å². The first-order chi connectivity index (χ1) is 8.66. The molecule has 106 valence electrons. The fourth-order valence-electron chi connectivity index (χ4n) is 2.13. The highest BCUT2D eigenvalue weighted by Gasteiger charge is 2.23. The number of hydrogen-bond donors (Lipinski definition) is 2. The van der Waals surface area contributed by atoms with Crippen LogP contribution in [0.25, 0.3) is 0 Å². The van der Waals surface area contributed by atoms with Gasteiger partial charge in [-0.05, 0) is 31.4 Å². The van der Waals surface area contributed by atoms with E-state index in [0.29, 0.717) is 0 Å². The zero-order valence-corrected chi connectivity index (χ0v) is 12.9. The van der Waals surface area contributed by atoms with Crippen LogP contribution in [0.2, 0.25) is 0 Å². The van der Waals surface area contributed by atoms with Crippen LogP contribution in [0.5, 0.6) is 0 Å². The van der Waals surface area contributed by atoms with Crippen molar-refractivity contribution in [2.45, 2.75) is 32.4 Å². The normalized spacial score (nSPS) is 19.6. The number of nitrogens with one attached hydrogen (secondary N) is 2. The molecule has 1 heterocycles. The van der Waals surface area contributed by atoms with Gasteiger partial charge in [-0.25, -0.2) is 0 Å². The third kappa shape index (κ3) is 4.71. The predicted octanol–water partition coefficient (Wildman–Crippen LogP) is 2.13.